The summed E-state index contributed by atoms with van der Waals surface area (Å²) in [5, 5.41) is 33.6. The van der Waals surface area contributed by atoms with Crippen LogP contribution in [0.25, 0.3) is 22.1 Å². The number of hydrogen-bond acceptors (Lipinski definition) is 12. The first-order valence-electron chi connectivity index (χ1n) is 24.8. The number of carbonyl (C=O) groups excluding carboxylic acids is 1. The maximum Gasteiger partial charge on any atom is 0.176 e. The molecule has 346 valence electrons. The number of pyridine rings is 2. The van der Waals surface area contributed by atoms with Gasteiger partial charge in [0.05, 0.1) is 17.7 Å². The van der Waals surface area contributed by atoms with Gasteiger partial charge in [0.2, 0.25) is 0 Å². The van der Waals surface area contributed by atoms with Crippen LogP contribution >= 0.6 is 0 Å². The Hall–Kier alpha value is -6.74. The highest BCUT2D eigenvalue weighted by molar-refractivity contribution is 5.98. The number of fused-ring (bicyclic) bond motifs is 2. The van der Waals surface area contributed by atoms with E-state index in [1.165, 1.54) is 18.5 Å². The zero-order chi connectivity index (χ0) is 46.1. The van der Waals surface area contributed by atoms with E-state index in [0.717, 1.165) is 154 Å². The van der Waals surface area contributed by atoms with E-state index < -0.39 is 0 Å². The minimum Gasteiger partial charge on any atom is -0.368 e. The standard InChI is InChI=1S/C54H59N13O/c1-37(57)38-4-8-42(9-5-38)61-20-24-64(25-21-61)50-15-13-47-41(33-56)35-67(52(47)60-50)45-30-54(31-45)17-3-19-65(54)36-48(68)39-6-10-43(11-7-39)62-22-26-63(27-23-62)49-14-12-46-40(32-55)34-66(51(46)59-49)44-28-53(29-44)16-2-18-58-53/h4-15,34-35,44-45,57-58H,2-3,16-31,36H2,1H3. The Morgan fingerprint density at radius 2 is 1.15 bits per heavy atom. The van der Waals surface area contributed by atoms with Crippen molar-refractivity contribution < 1.29 is 4.79 Å². The van der Waals surface area contributed by atoms with E-state index in [1.807, 2.05) is 43.6 Å². The molecule has 2 aliphatic carbocycles. The third-order valence-corrected chi connectivity index (χ3v) is 16.7. The lowest BCUT2D eigenvalue weighted by Gasteiger charge is -2.51. The van der Waals surface area contributed by atoms with Crippen LogP contribution < -0.4 is 24.9 Å². The molecule has 0 bridgehead atoms. The molecule has 4 aromatic heterocycles. The van der Waals surface area contributed by atoms with Crippen molar-refractivity contribution in [2.45, 2.75) is 81.5 Å². The molecule has 6 aliphatic rings. The molecule has 12 rings (SSSR count). The summed E-state index contributed by atoms with van der Waals surface area (Å²) in [5.74, 6) is 2.07. The highest BCUT2D eigenvalue weighted by Gasteiger charge is 2.52. The molecule has 6 aromatic rings. The van der Waals surface area contributed by atoms with E-state index in [9.17, 15) is 15.3 Å². The first kappa shape index (κ1) is 42.6. The second-order valence-electron chi connectivity index (χ2n) is 20.5. The molecule has 0 atom stereocenters. The van der Waals surface area contributed by atoms with Gasteiger partial charge in [0.1, 0.15) is 35.1 Å². The van der Waals surface area contributed by atoms with E-state index >= 15 is 0 Å². The van der Waals surface area contributed by atoms with Crippen LogP contribution in [-0.4, -0.2) is 119 Å². The summed E-state index contributed by atoms with van der Waals surface area (Å²) >= 11 is 0. The van der Waals surface area contributed by atoms with Crippen LogP contribution in [0, 0.1) is 28.1 Å². The Kier molecular flexibility index (Phi) is 10.5. The van der Waals surface area contributed by atoms with Gasteiger partial charge in [0, 0.05) is 121 Å². The second-order valence-corrected chi connectivity index (χ2v) is 20.5. The fourth-order valence-electron chi connectivity index (χ4n) is 12.7. The highest BCUT2D eigenvalue weighted by Crippen LogP contribution is 2.52. The largest absolute Gasteiger partial charge is 0.368 e. The summed E-state index contributed by atoms with van der Waals surface area (Å²) in [6.07, 6.45) is 12.7. The van der Waals surface area contributed by atoms with E-state index in [0.29, 0.717) is 29.4 Å². The molecule has 2 saturated carbocycles. The van der Waals surface area contributed by atoms with Gasteiger partial charge in [-0.15, -0.1) is 0 Å². The van der Waals surface area contributed by atoms with Crippen molar-refractivity contribution in [1.82, 2.24) is 29.3 Å². The molecule has 2 aromatic carbocycles. The Morgan fingerprint density at radius 1 is 0.647 bits per heavy atom. The van der Waals surface area contributed by atoms with Crippen LogP contribution in [0.15, 0.2) is 85.2 Å². The number of nitrogens with one attached hydrogen (secondary N) is 2. The number of benzene rings is 2. The Balaban J connectivity index is 0.662. The number of aromatic nitrogens is 4. The summed E-state index contributed by atoms with van der Waals surface area (Å²) in [4.78, 5) is 36.3. The van der Waals surface area contributed by atoms with Crippen molar-refractivity contribution in [2.24, 2.45) is 0 Å². The molecule has 6 fully saturated rings. The van der Waals surface area contributed by atoms with Gasteiger partial charge < -0.3 is 39.5 Å². The minimum absolute atomic E-state index is 0.0135. The van der Waals surface area contributed by atoms with Crippen LogP contribution in [0.4, 0.5) is 23.0 Å². The van der Waals surface area contributed by atoms with Crippen LogP contribution in [0.1, 0.15) is 97.4 Å². The molecular weight excluding hydrogens is 847 g/mol. The number of carbonyl (C=O) groups is 1. The van der Waals surface area contributed by atoms with Gasteiger partial charge in [-0.1, -0.05) is 12.1 Å². The number of Topliss-reactive ketones (excluding diaryl/α,β-unsaturated/α-hetero) is 1. The lowest BCUT2D eigenvalue weighted by Crippen LogP contribution is -2.55. The van der Waals surface area contributed by atoms with E-state index in [1.54, 1.807) is 0 Å². The van der Waals surface area contributed by atoms with Crippen molar-refractivity contribution in [2.75, 3.05) is 91.6 Å². The van der Waals surface area contributed by atoms with E-state index in [4.69, 9.17) is 15.4 Å². The fourth-order valence-corrected chi connectivity index (χ4v) is 12.7. The van der Waals surface area contributed by atoms with Crippen LogP contribution in [0.2, 0.25) is 0 Å². The second kappa shape index (κ2) is 16.8. The number of nitrogens with zero attached hydrogens (tertiary/aromatic N) is 11. The number of anilines is 4. The van der Waals surface area contributed by atoms with Gasteiger partial charge in [-0.25, -0.2) is 9.97 Å². The average molecular weight is 906 g/mol. The van der Waals surface area contributed by atoms with Crippen LogP contribution in [0.3, 0.4) is 0 Å². The molecule has 2 N–H and O–H groups in total. The molecule has 0 radical (unpaired) electrons. The van der Waals surface area contributed by atoms with Gasteiger partial charge in [0.25, 0.3) is 0 Å². The summed E-state index contributed by atoms with van der Waals surface area (Å²) in [6.45, 7) is 11.1. The quantitative estimate of drug-likeness (QED) is 0.103. The molecule has 14 heteroatoms. The van der Waals surface area contributed by atoms with Crippen molar-refractivity contribution in [3.05, 3.63) is 107 Å². The van der Waals surface area contributed by atoms with Crippen LogP contribution in [0.5, 0.6) is 0 Å². The highest BCUT2D eigenvalue weighted by atomic mass is 16.1. The van der Waals surface area contributed by atoms with E-state index in [-0.39, 0.29) is 22.9 Å². The summed E-state index contributed by atoms with van der Waals surface area (Å²) in [6, 6.07) is 30.2. The third kappa shape index (κ3) is 7.36. The van der Waals surface area contributed by atoms with Gasteiger partial charge >= 0.3 is 0 Å². The molecule has 4 aliphatic heterocycles. The van der Waals surface area contributed by atoms with Crippen molar-refractivity contribution in [3.8, 4) is 12.1 Å². The number of rotatable bonds is 10. The Bertz CT molecular complexity index is 2990. The summed E-state index contributed by atoms with van der Waals surface area (Å²) in [5.41, 5.74) is 8.01. The Labute approximate surface area is 397 Å². The lowest BCUT2D eigenvalue weighted by molar-refractivity contribution is 0.0154. The number of likely N-dealkylation sites (tertiary alicyclic amines) is 1. The first-order chi connectivity index (χ1) is 33.2. The lowest BCUT2D eigenvalue weighted by atomic mass is 9.70. The molecular formula is C54H59N13O. The molecule has 4 saturated heterocycles. The van der Waals surface area contributed by atoms with Gasteiger partial charge in [-0.2, -0.15) is 10.5 Å². The Morgan fingerprint density at radius 3 is 1.63 bits per heavy atom. The summed E-state index contributed by atoms with van der Waals surface area (Å²) in [7, 11) is 0. The van der Waals surface area contributed by atoms with Crippen molar-refractivity contribution >= 4 is 56.6 Å². The van der Waals surface area contributed by atoms with Crippen molar-refractivity contribution in [3.63, 3.8) is 0 Å². The zero-order valence-corrected chi connectivity index (χ0v) is 39.0. The zero-order valence-electron chi connectivity index (χ0n) is 39.0. The topological polar surface area (TPSA) is 152 Å². The summed E-state index contributed by atoms with van der Waals surface area (Å²) < 4.78 is 4.52. The van der Waals surface area contributed by atoms with Gasteiger partial charge in [-0.05, 0) is 138 Å². The normalized spacial score (nSPS) is 25.0. The fraction of sp³-hybridized carbons (Fsp3) is 0.444. The maximum atomic E-state index is 13.9. The maximum absolute atomic E-state index is 13.9. The smallest absolute Gasteiger partial charge is 0.176 e. The van der Waals surface area contributed by atoms with Crippen molar-refractivity contribution in [1.29, 1.82) is 15.9 Å². The molecule has 0 unspecified atom stereocenters. The average Bonchev–Trinajstić information content (AvgIpc) is 4.17. The predicted molar refractivity (Wildman–Crippen MR) is 268 cm³/mol. The first-order valence-corrected chi connectivity index (χ1v) is 24.8. The van der Waals surface area contributed by atoms with Crippen LogP contribution in [-0.2, 0) is 0 Å². The monoisotopic (exact) mass is 905 g/mol. The SMILES string of the molecule is CC(=N)c1ccc(N2CCN(c3ccc4c(C#N)cn(C5CC6(CCCN6CC(=O)c6ccc(N7CCN(c8ccc9c(C#N)cn(C%10CC%11(CCCN%11)C%10)c9n8)CC7)cc6)C5)c4n3)CC2)cc1. The van der Waals surface area contributed by atoms with Gasteiger partial charge in [0.15, 0.2) is 5.78 Å². The minimum atomic E-state index is -0.0135. The number of hydrogen-bond donors (Lipinski definition) is 2. The predicted octanol–water partition coefficient (Wildman–Crippen LogP) is 7.68. The number of ketones is 1. The number of nitriles is 2. The molecule has 2 spiro atoms. The molecule has 8 heterocycles. The molecule has 68 heavy (non-hydrogen) atoms. The third-order valence-electron chi connectivity index (χ3n) is 16.7. The van der Waals surface area contributed by atoms with Gasteiger partial charge in [-0.3, -0.25) is 9.69 Å². The van der Waals surface area contributed by atoms with E-state index in [2.05, 4.69) is 99.6 Å². The number of piperazine rings is 2. The molecule has 0 amide bonds. The molecule has 14 nitrogen and oxygen atoms in total.